The van der Waals surface area contributed by atoms with Crippen LogP contribution in [0.3, 0.4) is 0 Å². The van der Waals surface area contributed by atoms with Crippen LogP contribution in [0.15, 0.2) is 85.1 Å². The Bertz CT molecular complexity index is 1610. The molecule has 1 saturated heterocycles. The molecule has 0 spiro atoms. The van der Waals surface area contributed by atoms with E-state index in [0.29, 0.717) is 6.61 Å². The monoisotopic (exact) mass is 517 g/mol. The maximum absolute atomic E-state index is 5.96. The molecule has 0 aliphatic carbocycles. The second kappa shape index (κ2) is 11.5. The Labute approximate surface area is 228 Å². The van der Waals surface area contributed by atoms with Gasteiger partial charge in [0.1, 0.15) is 18.1 Å². The van der Waals surface area contributed by atoms with Gasteiger partial charge in [-0.15, -0.1) is 0 Å². The molecule has 0 bridgehead atoms. The molecule has 6 heteroatoms. The molecule has 5 aromatic rings. The Hall–Kier alpha value is -4.55. The van der Waals surface area contributed by atoms with E-state index in [9.17, 15) is 0 Å². The Morgan fingerprint density at radius 1 is 0.974 bits per heavy atom. The normalized spacial score (nSPS) is 15.6. The van der Waals surface area contributed by atoms with Crippen LogP contribution in [0.4, 0.5) is 0 Å². The van der Waals surface area contributed by atoms with E-state index < -0.39 is 0 Å². The molecule has 0 radical (unpaired) electrons. The van der Waals surface area contributed by atoms with Crippen molar-refractivity contribution >= 4 is 35.2 Å². The van der Waals surface area contributed by atoms with E-state index in [-0.39, 0.29) is 6.10 Å². The van der Waals surface area contributed by atoms with E-state index in [4.69, 9.17) is 19.3 Å². The predicted molar refractivity (Wildman–Crippen MR) is 157 cm³/mol. The van der Waals surface area contributed by atoms with E-state index in [0.717, 1.165) is 64.7 Å². The van der Waals surface area contributed by atoms with Gasteiger partial charge in [0, 0.05) is 30.0 Å². The highest BCUT2D eigenvalue weighted by Gasteiger charge is 2.16. The minimum absolute atomic E-state index is 0.174. The maximum atomic E-state index is 5.96. The van der Waals surface area contributed by atoms with Crippen molar-refractivity contribution < 1.29 is 14.2 Å². The van der Waals surface area contributed by atoms with E-state index in [2.05, 4.69) is 59.6 Å². The average Bonchev–Trinajstić information content (AvgIpc) is 3.75. The molecule has 3 aromatic carbocycles. The minimum Gasteiger partial charge on any atom is -0.496 e. The summed E-state index contributed by atoms with van der Waals surface area (Å²) < 4.78 is 19.3. The van der Waals surface area contributed by atoms with Gasteiger partial charge in [-0.1, -0.05) is 36.4 Å². The summed E-state index contributed by atoms with van der Waals surface area (Å²) in [4.78, 5) is 3.27. The van der Waals surface area contributed by atoms with Gasteiger partial charge in [0.25, 0.3) is 0 Å². The van der Waals surface area contributed by atoms with Crippen LogP contribution in [0.25, 0.3) is 40.9 Å². The number of fused-ring (bicyclic) bond motifs is 1. The number of benzene rings is 3. The highest BCUT2D eigenvalue weighted by Crippen LogP contribution is 2.28. The van der Waals surface area contributed by atoms with Gasteiger partial charge in [0.05, 0.1) is 30.3 Å². The van der Waals surface area contributed by atoms with Gasteiger partial charge in [0.2, 0.25) is 0 Å². The van der Waals surface area contributed by atoms with Crippen molar-refractivity contribution in [3.8, 4) is 17.2 Å². The second-order valence-corrected chi connectivity index (χ2v) is 9.58. The summed E-state index contributed by atoms with van der Waals surface area (Å²) in [6.07, 6.45) is 12.5. The molecule has 1 fully saturated rings. The second-order valence-electron chi connectivity index (χ2n) is 9.58. The molecular formula is C33H31N3O3. The number of hydrogen-bond acceptors (Lipinski definition) is 4. The first-order chi connectivity index (χ1) is 19.2. The van der Waals surface area contributed by atoms with Gasteiger partial charge in [0.15, 0.2) is 0 Å². The summed E-state index contributed by atoms with van der Waals surface area (Å²) in [5, 5.41) is 6.09. The maximum Gasteiger partial charge on any atom is 0.129 e. The fraction of sp³-hybridized carbons (Fsp3) is 0.182. The van der Waals surface area contributed by atoms with Gasteiger partial charge >= 0.3 is 0 Å². The van der Waals surface area contributed by atoms with E-state index in [1.807, 2.05) is 59.4 Å². The molecule has 1 aliphatic rings. The summed E-state index contributed by atoms with van der Waals surface area (Å²) in [6, 6.07) is 26.6. The number of rotatable bonds is 9. The van der Waals surface area contributed by atoms with Gasteiger partial charge in [-0.05, 0) is 84.5 Å². The Morgan fingerprint density at radius 2 is 1.90 bits per heavy atom. The van der Waals surface area contributed by atoms with Crippen molar-refractivity contribution in [2.45, 2.75) is 18.9 Å². The quantitative estimate of drug-likeness (QED) is 0.224. The predicted octanol–water partition coefficient (Wildman–Crippen LogP) is 7.26. The van der Waals surface area contributed by atoms with Crippen LogP contribution in [-0.4, -0.2) is 41.2 Å². The van der Waals surface area contributed by atoms with Crippen LogP contribution in [0, 0.1) is 0 Å². The molecule has 1 aliphatic heterocycles. The molecular weight excluding hydrogens is 486 g/mol. The molecule has 1 N–H and O–H groups in total. The van der Waals surface area contributed by atoms with Crippen LogP contribution in [-0.2, 0) is 4.74 Å². The summed E-state index contributed by atoms with van der Waals surface area (Å²) >= 11 is 0. The number of ether oxygens (including phenoxy) is 3. The summed E-state index contributed by atoms with van der Waals surface area (Å²) in [5.74, 6) is 1.53. The van der Waals surface area contributed by atoms with Crippen molar-refractivity contribution in [2.75, 3.05) is 20.3 Å². The molecule has 3 heterocycles. The molecule has 6 rings (SSSR count). The van der Waals surface area contributed by atoms with Crippen molar-refractivity contribution in [1.82, 2.24) is 14.8 Å². The minimum atomic E-state index is 0.174. The molecule has 6 nitrogen and oxygen atoms in total. The SMILES string of the molecule is COc1cc(OCC2CCCO2)ccc1C=Cc1cc(C=Cc2ccc3cc[nH]c3c2)nn1-c1ccccc1. The third kappa shape index (κ3) is 5.81. The van der Waals surface area contributed by atoms with Gasteiger partial charge < -0.3 is 19.2 Å². The molecule has 1 atom stereocenters. The molecule has 1 unspecified atom stereocenters. The number of nitrogens with zero attached hydrogens (tertiary/aromatic N) is 2. The zero-order valence-electron chi connectivity index (χ0n) is 21.9. The van der Waals surface area contributed by atoms with Gasteiger partial charge in [-0.25, -0.2) is 4.68 Å². The highest BCUT2D eigenvalue weighted by atomic mass is 16.5. The number of para-hydroxylation sites is 1. The van der Waals surface area contributed by atoms with Gasteiger partial charge in [-0.3, -0.25) is 0 Å². The number of aromatic nitrogens is 3. The Kier molecular flexibility index (Phi) is 7.28. The van der Waals surface area contributed by atoms with Gasteiger partial charge in [-0.2, -0.15) is 5.10 Å². The fourth-order valence-corrected chi connectivity index (χ4v) is 4.80. The highest BCUT2D eigenvalue weighted by molar-refractivity contribution is 5.83. The van der Waals surface area contributed by atoms with Crippen LogP contribution in [0.5, 0.6) is 11.5 Å². The third-order valence-electron chi connectivity index (χ3n) is 6.88. The van der Waals surface area contributed by atoms with Crippen LogP contribution in [0.2, 0.25) is 0 Å². The summed E-state index contributed by atoms with van der Waals surface area (Å²) in [5.41, 5.74) is 6.01. The van der Waals surface area contributed by atoms with E-state index >= 15 is 0 Å². The van der Waals surface area contributed by atoms with Crippen LogP contribution >= 0.6 is 0 Å². The number of methoxy groups -OCH3 is 1. The first-order valence-electron chi connectivity index (χ1n) is 13.3. The number of aromatic amines is 1. The lowest BCUT2D eigenvalue weighted by Crippen LogP contribution is -2.16. The lowest BCUT2D eigenvalue weighted by atomic mass is 10.1. The Balaban J connectivity index is 1.25. The molecule has 0 saturated carbocycles. The standard InChI is InChI=1S/C33H31N3O3/c1-37-33-22-30(39-23-31-8-5-19-38-31)16-13-26(33)12-15-29-21-27(35-36(29)28-6-3-2-4-7-28)14-10-24-9-11-25-17-18-34-32(25)20-24/h2-4,6-7,9-18,20-22,31,34H,5,8,19,23H2,1H3. The van der Waals surface area contributed by atoms with Crippen LogP contribution < -0.4 is 9.47 Å². The van der Waals surface area contributed by atoms with Crippen LogP contribution in [0.1, 0.15) is 35.4 Å². The summed E-state index contributed by atoms with van der Waals surface area (Å²) in [6.45, 7) is 1.38. The summed E-state index contributed by atoms with van der Waals surface area (Å²) in [7, 11) is 1.68. The van der Waals surface area contributed by atoms with E-state index in [1.165, 1.54) is 5.39 Å². The van der Waals surface area contributed by atoms with E-state index in [1.54, 1.807) is 7.11 Å². The largest absolute Gasteiger partial charge is 0.496 e. The molecule has 2 aromatic heterocycles. The van der Waals surface area contributed by atoms with Crippen molar-refractivity contribution in [1.29, 1.82) is 0 Å². The third-order valence-corrected chi connectivity index (χ3v) is 6.88. The Morgan fingerprint density at radius 3 is 2.74 bits per heavy atom. The van der Waals surface area contributed by atoms with Crippen molar-refractivity contribution in [2.24, 2.45) is 0 Å². The molecule has 196 valence electrons. The lowest BCUT2D eigenvalue weighted by Gasteiger charge is -2.13. The number of H-pyrrole nitrogens is 1. The zero-order chi connectivity index (χ0) is 26.4. The molecule has 0 amide bonds. The van der Waals surface area contributed by atoms with Crippen molar-refractivity contribution in [3.63, 3.8) is 0 Å². The molecule has 39 heavy (non-hydrogen) atoms. The van der Waals surface area contributed by atoms with Crippen molar-refractivity contribution in [3.05, 3.63) is 108 Å². The fourth-order valence-electron chi connectivity index (χ4n) is 4.80. The zero-order valence-corrected chi connectivity index (χ0v) is 21.9. The topological polar surface area (TPSA) is 61.3 Å². The number of nitrogens with one attached hydrogen (secondary N) is 1. The number of hydrogen-bond donors (Lipinski definition) is 1. The lowest BCUT2D eigenvalue weighted by molar-refractivity contribution is 0.0679. The average molecular weight is 518 g/mol. The first-order valence-corrected chi connectivity index (χ1v) is 13.3. The first kappa shape index (κ1) is 24.8. The smallest absolute Gasteiger partial charge is 0.129 e.